The average molecular weight is 527 g/mol. The Labute approximate surface area is 194 Å². The van der Waals surface area contributed by atoms with Crippen LogP contribution in [0.3, 0.4) is 0 Å². The van der Waals surface area contributed by atoms with Gasteiger partial charge in [-0.3, -0.25) is 13.8 Å². The van der Waals surface area contributed by atoms with Gasteiger partial charge in [0.05, 0.1) is 31.3 Å². The quantitative estimate of drug-likeness (QED) is 0.507. The van der Waals surface area contributed by atoms with Gasteiger partial charge in [-0.25, -0.2) is 8.42 Å². The molecular weight excluding hydrogens is 509 g/mol. The SMILES string of the molecule is CNC(=O)CS(=O)c1ccc(S(=O)(=O)c2ccc(NC(=O)[C@@](C)(O)C(F)(F)F)c(Cl)c2)cc1. The molecule has 0 aliphatic heterocycles. The van der Waals surface area contributed by atoms with E-state index in [2.05, 4.69) is 5.32 Å². The number of hydrogen-bond donors (Lipinski definition) is 3. The Balaban J connectivity index is 2.27. The highest BCUT2D eigenvalue weighted by Crippen LogP contribution is 2.33. The summed E-state index contributed by atoms with van der Waals surface area (Å²) >= 11 is 5.94. The summed E-state index contributed by atoms with van der Waals surface area (Å²) in [6.07, 6.45) is -5.25. The standard InChI is InChI=1S/C19H18ClF3N2O6S2/c1-18(28,19(21,22)23)17(27)25-15-8-7-13(9-14(15)20)33(30,31)12-5-3-11(4-6-12)32(29)10-16(26)24-2/h3-9,28H,10H2,1-2H3,(H,24,26)(H,25,27)/t18-,32?/m1/s1. The summed E-state index contributed by atoms with van der Waals surface area (Å²) in [7, 11) is -4.44. The van der Waals surface area contributed by atoms with Crippen LogP contribution < -0.4 is 10.6 Å². The molecule has 0 saturated carbocycles. The van der Waals surface area contributed by atoms with E-state index in [1.807, 2.05) is 5.32 Å². The molecule has 2 rings (SSSR count). The van der Waals surface area contributed by atoms with Gasteiger partial charge in [-0.15, -0.1) is 0 Å². The summed E-state index contributed by atoms with van der Waals surface area (Å²) in [4.78, 5) is 22.8. The van der Waals surface area contributed by atoms with Crippen LogP contribution in [-0.2, 0) is 30.2 Å². The van der Waals surface area contributed by atoms with Crippen molar-refractivity contribution in [3.8, 4) is 0 Å². The Hall–Kier alpha value is -2.48. The summed E-state index contributed by atoms with van der Waals surface area (Å²) in [6.45, 7) is 0.264. The number of aliphatic hydroxyl groups is 1. The lowest BCUT2D eigenvalue weighted by molar-refractivity contribution is -0.242. The number of carbonyl (C=O) groups excluding carboxylic acids is 2. The summed E-state index contributed by atoms with van der Waals surface area (Å²) in [5.74, 6) is -2.55. The number of nitrogens with one attached hydrogen (secondary N) is 2. The van der Waals surface area contributed by atoms with E-state index in [0.29, 0.717) is 0 Å². The molecule has 1 unspecified atom stereocenters. The summed E-state index contributed by atoms with van der Waals surface area (Å²) in [5, 5.41) is 13.2. The van der Waals surface area contributed by atoms with E-state index in [4.69, 9.17) is 11.6 Å². The van der Waals surface area contributed by atoms with Crippen molar-refractivity contribution < 1.29 is 40.5 Å². The zero-order valence-corrected chi connectivity index (χ0v) is 19.5. The van der Waals surface area contributed by atoms with Crippen LogP contribution in [0.1, 0.15) is 6.92 Å². The van der Waals surface area contributed by atoms with Crippen molar-refractivity contribution in [1.82, 2.24) is 5.32 Å². The molecular formula is C19H18ClF3N2O6S2. The smallest absolute Gasteiger partial charge is 0.373 e. The highest BCUT2D eigenvalue weighted by molar-refractivity contribution is 7.91. The fourth-order valence-electron chi connectivity index (χ4n) is 2.32. The lowest BCUT2D eigenvalue weighted by Crippen LogP contribution is -2.52. The van der Waals surface area contributed by atoms with Crippen molar-refractivity contribution in [3.05, 3.63) is 47.5 Å². The molecule has 180 valence electrons. The van der Waals surface area contributed by atoms with Crippen molar-refractivity contribution in [1.29, 1.82) is 0 Å². The van der Waals surface area contributed by atoms with Crippen LogP contribution in [0.15, 0.2) is 57.2 Å². The van der Waals surface area contributed by atoms with E-state index in [-0.39, 0.29) is 38.1 Å². The Morgan fingerprint density at radius 3 is 2.12 bits per heavy atom. The summed E-state index contributed by atoms with van der Waals surface area (Å²) in [6, 6.07) is 7.82. The van der Waals surface area contributed by atoms with Gasteiger partial charge in [0.25, 0.3) is 5.91 Å². The number of anilines is 1. The first-order valence-electron chi connectivity index (χ1n) is 8.95. The highest BCUT2D eigenvalue weighted by Gasteiger charge is 2.55. The second-order valence-corrected chi connectivity index (χ2v) is 10.6. The largest absolute Gasteiger partial charge is 0.426 e. The first-order valence-corrected chi connectivity index (χ1v) is 12.1. The predicted octanol–water partition coefficient (Wildman–Crippen LogP) is 2.28. The third-order valence-corrected chi connectivity index (χ3v) is 7.83. The lowest BCUT2D eigenvalue weighted by atomic mass is 10.1. The first-order chi connectivity index (χ1) is 15.1. The zero-order valence-electron chi connectivity index (χ0n) is 17.1. The topological polar surface area (TPSA) is 130 Å². The highest BCUT2D eigenvalue weighted by atomic mass is 35.5. The number of sulfone groups is 1. The van der Waals surface area contributed by atoms with E-state index in [1.54, 1.807) is 0 Å². The number of amides is 2. The van der Waals surface area contributed by atoms with Crippen molar-refractivity contribution in [3.63, 3.8) is 0 Å². The maximum absolute atomic E-state index is 12.8. The fraction of sp³-hybridized carbons (Fsp3) is 0.263. The number of carbonyl (C=O) groups is 2. The monoisotopic (exact) mass is 526 g/mol. The zero-order chi connectivity index (χ0) is 25.2. The minimum Gasteiger partial charge on any atom is -0.373 e. The second-order valence-electron chi connectivity index (χ2n) is 6.80. The van der Waals surface area contributed by atoms with Gasteiger partial charge in [0.15, 0.2) is 0 Å². The second kappa shape index (κ2) is 9.79. The maximum Gasteiger partial charge on any atom is 0.426 e. The molecule has 8 nitrogen and oxygen atoms in total. The molecule has 0 aliphatic carbocycles. The van der Waals surface area contributed by atoms with Crippen LogP contribution in [-0.4, -0.2) is 54.1 Å². The maximum atomic E-state index is 12.8. The lowest BCUT2D eigenvalue weighted by Gasteiger charge is -2.25. The van der Waals surface area contributed by atoms with Gasteiger partial charge >= 0.3 is 6.18 Å². The van der Waals surface area contributed by atoms with Crippen LogP contribution in [0, 0.1) is 0 Å². The summed E-state index contributed by atoms with van der Waals surface area (Å²) in [5.41, 5.74) is -4.04. The predicted molar refractivity (Wildman–Crippen MR) is 114 cm³/mol. The summed E-state index contributed by atoms with van der Waals surface area (Å²) < 4.78 is 76.2. The third-order valence-electron chi connectivity index (χ3n) is 4.43. The van der Waals surface area contributed by atoms with Crippen LogP contribution >= 0.6 is 11.6 Å². The van der Waals surface area contributed by atoms with Gasteiger partial charge in [-0.2, -0.15) is 13.2 Å². The van der Waals surface area contributed by atoms with E-state index in [1.165, 1.54) is 31.3 Å². The van der Waals surface area contributed by atoms with Crippen LogP contribution in [0.25, 0.3) is 0 Å². The minimum absolute atomic E-state index is 0.198. The van der Waals surface area contributed by atoms with Crippen LogP contribution in [0.2, 0.25) is 5.02 Å². The van der Waals surface area contributed by atoms with Gasteiger partial charge in [0.2, 0.25) is 21.3 Å². The molecule has 2 aromatic rings. The fourth-order valence-corrected chi connectivity index (χ4v) is 4.89. The Morgan fingerprint density at radius 2 is 1.64 bits per heavy atom. The van der Waals surface area contributed by atoms with Gasteiger partial charge in [0.1, 0.15) is 5.75 Å². The Kier molecular flexibility index (Phi) is 7.94. The van der Waals surface area contributed by atoms with Gasteiger partial charge in [-0.1, -0.05) is 11.6 Å². The van der Waals surface area contributed by atoms with Crippen LogP contribution in [0.4, 0.5) is 18.9 Å². The molecule has 2 atom stereocenters. The third kappa shape index (κ3) is 5.91. The van der Waals surface area contributed by atoms with E-state index < -0.39 is 44.2 Å². The average Bonchev–Trinajstić information content (AvgIpc) is 2.74. The first kappa shape index (κ1) is 26.8. The Morgan fingerprint density at radius 1 is 1.09 bits per heavy atom. The van der Waals surface area contributed by atoms with E-state index in [0.717, 1.165) is 18.2 Å². The molecule has 0 heterocycles. The number of halogens is 4. The molecule has 0 fully saturated rings. The molecule has 2 amide bonds. The van der Waals surface area contributed by atoms with Gasteiger partial charge in [-0.05, 0) is 49.4 Å². The molecule has 14 heteroatoms. The molecule has 0 spiro atoms. The Bertz CT molecular complexity index is 1200. The number of alkyl halides is 3. The van der Waals surface area contributed by atoms with E-state index >= 15 is 0 Å². The number of rotatable bonds is 7. The molecule has 0 aliphatic rings. The molecule has 2 aromatic carbocycles. The molecule has 0 saturated heterocycles. The van der Waals surface area contributed by atoms with Crippen molar-refractivity contribution >= 4 is 49.7 Å². The van der Waals surface area contributed by atoms with Gasteiger partial charge in [0, 0.05) is 11.9 Å². The van der Waals surface area contributed by atoms with Crippen molar-refractivity contribution in [2.24, 2.45) is 0 Å². The molecule has 33 heavy (non-hydrogen) atoms. The molecule has 0 bridgehead atoms. The normalized spacial score (nSPS) is 14.8. The number of hydrogen-bond acceptors (Lipinski definition) is 6. The van der Waals surface area contributed by atoms with Crippen LogP contribution in [0.5, 0.6) is 0 Å². The van der Waals surface area contributed by atoms with Crippen molar-refractivity contribution in [2.75, 3.05) is 18.1 Å². The minimum atomic E-state index is -5.25. The van der Waals surface area contributed by atoms with E-state index in [9.17, 15) is 40.5 Å². The molecule has 0 radical (unpaired) electrons. The molecule has 0 aromatic heterocycles. The molecule has 3 N–H and O–H groups in total. The number of benzene rings is 2. The van der Waals surface area contributed by atoms with Crippen molar-refractivity contribution in [2.45, 2.75) is 33.4 Å². The van der Waals surface area contributed by atoms with Gasteiger partial charge < -0.3 is 15.7 Å².